The molecule has 0 aliphatic heterocycles. The summed E-state index contributed by atoms with van der Waals surface area (Å²) < 4.78 is 7.36. The molecule has 0 bridgehead atoms. The highest BCUT2D eigenvalue weighted by Crippen LogP contribution is 2.33. The van der Waals surface area contributed by atoms with Crippen LogP contribution in [-0.4, -0.2) is 12.0 Å². The molecule has 0 saturated carbocycles. The van der Waals surface area contributed by atoms with Gasteiger partial charge in [0.05, 0.1) is 14.3 Å². The molecule has 13 heavy (non-hydrogen) atoms. The van der Waals surface area contributed by atoms with Crippen LogP contribution in [0.25, 0.3) is 0 Å². The molecule has 1 atom stereocenters. The predicted octanol–water partition coefficient (Wildman–Crippen LogP) is 4.22. The van der Waals surface area contributed by atoms with E-state index < -0.39 is 0 Å². The highest BCUT2D eigenvalue weighted by atomic mass is 79.9. The molecule has 0 N–H and O–H groups in total. The fourth-order valence-corrected chi connectivity index (χ4v) is 2.11. The summed E-state index contributed by atoms with van der Waals surface area (Å²) >= 11 is 12.6. The van der Waals surface area contributed by atoms with Crippen LogP contribution in [0.4, 0.5) is 0 Å². The van der Waals surface area contributed by atoms with E-state index in [0.717, 1.165) is 14.7 Å². The second-order valence-corrected chi connectivity index (χ2v) is 5.10. The molecule has 72 valence electrons. The summed E-state index contributed by atoms with van der Waals surface area (Å²) in [6, 6.07) is 5.79. The number of para-hydroxylation sites is 1. The van der Waals surface area contributed by atoms with Gasteiger partial charge in [-0.25, -0.2) is 0 Å². The summed E-state index contributed by atoms with van der Waals surface area (Å²) in [6.07, 6.45) is 0. The van der Waals surface area contributed by atoms with Crippen molar-refractivity contribution in [2.75, 3.05) is 6.61 Å². The minimum Gasteiger partial charge on any atom is -0.490 e. The van der Waals surface area contributed by atoms with E-state index in [2.05, 4.69) is 31.9 Å². The molecule has 0 aromatic heterocycles. The third-order valence-electron chi connectivity index (χ3n) is 1.38. The van der Waals surface area contributed by atoms with Gasteiger partial charge in [-0.05, 0) is 50.9 Å². The van der Waals surface area contributed by atoms with Gasteiger partial charge < -0.3 is 4.74 Å². The minimum atomic E-state index is 0.0130. The fourth-order valence-electron chi connectivity index (χ4n) is 0.819. The number of ether oxygens (including phenoxy) is 1. The standard InChI is InChI=1S/C9H9Br2ClO/c1-6(12)5-13-9-7(10)3-2-4-8(9)11/h2-4,6H,5H2,1H3/t6-/m1/s1. The van der Waals surface area contributed by atoms with Gasteiger partial charge in [-0.3, -0.25) is 0 Å². The van der Waals surface area contributed by atoms with Gasteiger partial charge in [0.15, 0.2) is 0 Å². The maximum atomic E-state index is 5.78. The normalized spacial score (nSPS) is 12.6. The molecule has 0 saturated heterocycles. The maximum Gasteiger partial charge on any atom is 0.147 e. The first-order valence-electron chi connectivity index (χ1n) is 3.82. The molecule has 1 aromatic carbocycles. The molecule has 0 unspecified atom stereocenters. The molecule has 0 amide bonds. The van der Waals surface area contributed by atoms with Crippen LogP contribution in [0.5, 0.6) is 5.75 Å². The second-order valence-electron chi connectivity index (χ2n) is 2.64. The van der Waals surface area contributed by atoms with Crippen LogP contribution in [0, 0.1) is 0 Å². The zero-order valence-corrected chi connectivity index (χ0v) is 11.0. The highest BCUT2D eigenvalue weighted by Gasteiger charge is 2.06. The van der Waals surface area contributed by atoms with E-state index in [9.17, 15) is 0 Å². The molecule has 4 heteroatoms. The lowest BCUT2D eigenvalue weighted by molar-refractivity contribution is 0.316. The lowest BCUT2D eigenvalue weighted by Gasteiger charge is -2.10. The molecule has 1 aromatic rings. The van der Waals surface area contributed by atoms with Gasteiger partial charge in [0.1, 0.15) is 12.4 Å². The molecule has 1 nitrogen and oxygen atoms in total. The summed E-state index contributed by atoms with van der Waals surface area (Å²) in [5.74, 6) is 0.801. The average Bonchev–Trinajstić information content (AvgIpc) is 2.03. The van der Waals surface area contributed by atoms with Crippen molar-refractivity contribution in [1.29, 1.82) is 0 Å². The molecular weight excluding hydrogens is 319 g/mol. The topological polar surface area (TPSA) is 9.23 Å². The van der Waals surface area contributed by atoms with E-state index in [1.807, 2.05) is 25.1 Å². The second kappa shape index (κ2) is 5.23. The summed E-state index contributed by atoms with van der Waals surface area (Å²) in [5.41, 5.74) is 0. The van der Waals surface area contributed by atoms with Gasteiger partial charge in [0.25, 0.3) is 0 Å². The summed E-state index contributed by atoms with van der Waals surface area (Å²) in [7, 11) is 0. The Balaban J connectivity index is 2.75. The Morgan fingerprint density at radius 2 is 1.92 bits per heavy atom. The van der Waals surface area contributed by atoms with Crippen LogP contribution in [0.3, 0.4) is 0 Å². The number of halogens is 3. The number of benzene rings is 1. The number of rotatable bonds is 3. The Bertz CT molecular complexity index is 269. The molecule has 0 heterocycles. The van der Waals surface area contributed by atoms with E-state index in [4.69, 9.17) is 16.3 Å². The Kier molecular flexibility index (Phi) is 4.56. The first kappa shape index (κ1) is 11.3. The van der Waals surface area contributed by atoms with Crippen molar-refractivity contribution in [2.24, 2.45) is 0 Å². The molecule has 0 fully saturated rings. The molecule has 0 spiro atoms. The molecular formula is C9H9Br2ClO. The van der Waals surface area contributed by atoms with E-state index in [-0.39, 0.29) is 5.38 Å². The van der Waals surface area contributed by atoms with Gasteiger partial charge in [-0.15, -0.1) is 11.6 Å². The zero-order valence-electron chi connectivity index (χ0n) is 7.06. The van der Waals surface area contributed by atoms with Crippen LogP contribution in [0.2, 0.25) is 0 Å². The van der Waals surface area contributed by atoms with Crippen LogP contribution >= 0.6 is 43.5 Å². The van der Waals surface area contributed by atoms with Gasteiger partial charge in [0, 0.05) is 0 Å². The minimum absolute atomic E-state index is 0.0130. The van der Waals surface area contributed by atoms with Crippen molar-refractivity contribution < 1.29 is 4.74 Å². The van der Waals surface area contributed by atoms with Crippen molar-refractivity contribution in [3.8, 4) is 5.75 Å². The quantitative estimate of drug-likeness (QED) is 0.755. The smallest absolute Gasteiger partial charge is 0.147 e. The Labute approximate surface area is 99.7 Å². The van der Waals surface area contributed by atoms with Crippen molar-refractivity contribution in [2.45, 2.75) is 12.3 Å². The molecule has 0 radical (unpaired) electrons. The average molecular weight is 328 g/mol. The van der Waals surface area contributed by atoms with Crippen molar-refractivity contribution >= 4 is 43.5 Å². The van der Waals surface area contributed by atoms with Gasteiger partial charge >= 0.3 is 0 Å². The van der Waals surface area contributed by atoms with E-state index in [0.29, 0.717) is 6.61 Å². The van der Waals surface area contributed by atoms with Crippen molar-refractivity contribution in [3.63, 3.8) is 0 Å². The summed E-state index contributed by atoms with van der Waals surface area (Å²) in [6.45, 7) is 2.40. The fraction of sp³-hybridized carbons (Fsp3) is 0.333. The summed E-state index contributed by atoms with van der Waals surface area (Å²) in [5, 5.41) is 0.0130. The largest absolute Gasteiger partial charge is 0.490 e. The molecule has 1 rings (SSSR count). The van der Waals surface area contributed by atoms with Gasteiger partial charge in [-0.2, -0.15) is 0 Å². The van der Waals surface area contributed by atoms with Crippen LogP contribution in [0.15, 0.2) is 27.1 Å². The van der Waals surface area contributed by atoms with Crippen LogP contribution in [0.1, 0.15) is 6.92 Å². The lowest BCUT2D eigenvalue weighted by Crippen LogP contribution is -2.07. The summed E-state index contributed by atoms with van der Waals surface area (Å²) in [4.78, 5) is 0. The first-order chi connectivity index (χ1) is 6.11. The van der Waals surface area contributed by atoms with Crippen LogP contribution < -0.4 is 4.74 Å². The van der Waals surface area contributed by atoms with E-state index >= 15 is 0 Å². The first-order valence-corrected chi connectivity index (χ1v) is 5.84. The van der Waals surface area contributed by atoms with Crippen molar-refractivity contribution in [1.82, 2.24) is 0 Å². The monoisotopic (exact) mass is 326 g/mol. The number of hydrogen-bond acceptors (Lipinski definition) is 1. The van der Waals surface area contributed by atoms with E-state index in [1.165, 1.54) is 0 Å². The Morgan fingerprint density at radius 3 is 2.38 bits per heavy atom. The lowest BCUT2D eigenvalue weighted by atomic mass is 10.3. The van der Waals surface area contributed by atoms with Crippen LogP contribution in [-0.2, 0) is 0 Å². The van der Waals surface area contributed by atoms with Crippen molar-refractivity contribution in [3.05, 3.63) is 27.1 Å². The molecule has 0 aliphatic rings. The van der Waals surface area contributed by atoms with Gasteiger partial charge in [0.2, 0.25) is 0 Å². The Hall–Kier alpha value is 0.270. The SMILES string of the molecule is C[C@@H](Cl)COc1c(Br)cccc1Br. The number of alkyl halides is 1. The third kappa shape index (κ3) is 3.49. The zero-order chi connectivity index (χ0) is 9.84. The van der Waals surface area contributed by atoms with Gasteiger partial charge in [-0.1, -0.05) is 6.07 Å². The number of hydrogen-bond donors (Lipinski definition) is 0. The molecule has 0 aliphatic carbocycles. The Morgan fingerprint density at radius 1 is 1.38 bits per heavy atom. The maximum absolute atomic E-state index is 5.78. The third-order valence-corrected chi connectivity index (χ3v) is 2.75. The van der Waals surface area contributed by atoms with E-state index in [1.54, 1.807) is 0 Å². The predicted molar refractivity (Wildman–Crippen MR) is 62.7 cm³/mol. The highest BCUT2D eigenvalue weighted by molar-refractivity contribution is 9.11.